The summed E-state index contributed by atoms with van der Waals surface area (Å²) in [7, 11) is 5.79. The van der Waals surface area contributed by atoms with Crippen molar-refractivity contribution in [3.05, 3.63) is 0 Å². The van der Waals surface area contributed by atoms with Gasteiger partial charge in [-0.25, -0.2) is 0 Å². The van der Waals surface area contributed by atoms with Crippen molar-refractivity contribution in [3.8, 4) is 0 Å². The molecule has 0 aromatic carbocycles. The second-order valence-corrected chi connectivity index (χ2v) is 5.28. The van der Waals surface area contributed by atoms with Crippen LogP contribution in [-0.4, -0.2) is 83.8 Å². The molecule has 1 fully saturated rings. The molecular formula is C15H26O9. The van der Waals surface area contributed by atoms with Crippen LogP contribution in [0.25, 0.3) is 0 Å². The highest BCUT2D eigenvalue weighted by molar-refractivity contribution is 5.66. The van der Waals surface area contributed by atoms with Crippen molar-refractivity contribution in [2.75, 3.05) is 35.0 Å². The first-order valence-electron chi connectivity index (χ1n) is 7.46. The minimum absolute atomic E-state index is 0.0744. The van der Waals surface area contributed by atoms with E-state index in [2.05, 4.69) is 0 Å². The summed E-state index contributed by atoms with van der Waals surface area (Å²) in [4.78, 5) is 22.9. The zero-order valence-corrected chi connectivity index (χ0v) is 14.8. The van der Waals surface area contributed by atoms with Gasteiger partial charge in [0, 0.05) is 42.3 Å². The molecule has 1 aliphatic heterocycles. The Kier molecular flexibility index (Phi) is 8.57. The van der Waals surface area contributed by atoms with E-state index in [0.29, 0.717) is 0 Å². The molecule has 9 nitrogen and oxygen atoms in total. The lowest BCUT2D eigenvalue weighted by atomic mass is 9.94. The van der Waals surface area contributed by atoms with E-state index in [9.17, 15) is 9.59 Å². The molecule has 1 heterocycles. The summed E-state index contributed by atoms with van der Waals surface area (Å²) in [5.74, 6) is -1.00. The fraction of sp³-hybridized carbons (Fsp3) is 0.867. The van der Waals surface area contributed by atoms with Gasteiger partial charge in [0.05, 0.1) is 6.61 Å². The summed E-state index contributed by atoms with van der Waals surface area (Å²) < 4.78 is 37.7. The maximum atomic E-state index is 11.5. The van der Waals surface area contributed by atoms with Crippen LogP contribution < -0.4 is 0 Å². The average molecular weight is 350 g/mol. The average Bonchev–Trinajstić information content (AvgIpc) is 2.52. The lowest BCUT2D eigenvalue weighted by Gasteiger charge is -2.45. The summed E-state index contributed by atoms with van der Waals surface area (Å²) in [5, 5.41) is 0. The van der Waals surface area contributed by atoms with E-state index in [1.807, 2.05) is 0 Å². The molecule has 0 N–H and O–H groups in total. The van der Waals surface area contributed by atoms with Crippen LogP contribution in [-0.2, 0) is 42.7 Å². The Balaban J connectivity index is 3.15. The van der Waals surface area contributed by atoms with Crippen molar-refractivity contribution in [1.82, 2.24) is 0 Å². The van der Waals surface area contributed by atoms with E-state index in [0.717, 1.165) is 0 Å². The molecule has 6 atom stereocenters. The minimum atomic E-state index is -0.842. The summed E-state index contributed by atoms with van der Waals surface area (Å²) in [6.45, 7) is 2.64. The predicted molar refractivity (Wildman–Crippen MR) is 80.2 cm³/mol. The molecule has 1 rings (SSSR count). The fourth-order valence-corrected chi connectivity index (χ4v) is 2.74. The molecule has 0 aliphatic carbocycles. The Morgan fingerprint density at radius 1 is 0.917 bits per heavy atom. The molecule has 24 heavy (non-hydrogen) atoms. The highest BCUT2D eigenvalue weighted by Crippen LogP contribution is 2.30. The number of esters is 2. The number of hydrogen-bond donors (Lipinski definition) is 0. The van der Waals surface area contributed by atoms with Gasteiger partial charge in [0.25, 0.3) is 0 Å². The van der Waals surface area contributed by atoms with Gasteiger partial charge in [-0.3, -0.25) is 9.59 Å². The van der Waals surface area contributed by atoms with Crippen LogP contribution in [0.5, 0.6) is 0 Å². The number of rotatable bonds is 8. The molecule has 9 heteroatoms. The van der Waals surface area contributed by atoms with E-state index < -0.39 is 48.7 Å². The van der Waals surface area contributed by atoms with E-state index in [4.69, 9.17) is 33.2 Å². The fourth-order valence-electron chi connectivity index (χ4n) is 2.74. The summed E-state index contributed by atoms with van der Waals surface area (Å²) in [6.07, 6.45) is -4.65. The van der Waals surface area contributed by atoms with Crippen molar-refractivity contribution in [1.29, 1.82) is 0 Å². The maximum Gasteiger partial charge on any atom is 0.303 e. The zero-order valence-electron chi connectivity index (χ0n) is 14.8. The lowest BCUT2D eigenvalue weighted by molar-refractivity contribution is -0.316. The number of hydrogen-bond acceptors (Lipinski definition) is 9. The van der Waals surface area contributed by atoms with Crippen LogP contribution in [0.3, 0.4) is 0 Å². The van der Waals surface area contributed by atoms with Gasteiger partial charge < -0.3 is 33.2 Å². The Hall–Kier alpha value is -1.26. The molecule has 0 aromatic rings. The largest absolute Gasteiger partial charge is 0.457 e. The SMILES string of the molecule is COC[C@@H](OC(C)=O)[C@H]1O[C@@H](OC)[C@H](OC)[C@@H](OC(C)=O)[C@@H]1OC. The van der Waals surface area contributed by atoms with Gasteiger partial charge in [-0.05, 0) is 0 Å². The molecule has 140 valence electrons. The van der Waals surface area contributed by atoms with Gasteiger partial charge in [0.2, 0.25) is 0 Å². The van der Waals surface area contributed by atoms with Gasteiger partial charge >= 0.3 is 11.9 Å². The molecule has 0 radical (unpaired) electrons. The van der Waals surface area contributed by atoms with E-state index in [1.165, 1.54) is 42.3 Å². The van der Waals surface area contributed by atoms with E-state index in [1.54, 1.807) is 0 Å². The number of carbonyl (C=O) groups is 2. The monoisotopic (exact) mass is 350 g/mol. The standard InChI is InChI=1S/C15H26O9/c1-8(16)22-10(7-18-3)11-12(19-4)13(23-9(2)17)14(20-5)15(21-6)24-11/h10-15H,7H2,1-6H3/t10-,11-,12-,13+,14-,15-/m1/s1. The Labute approximate surface area is 141 Å². The van der Waals surface area contributed by atoms with Gasteiger partial charge in [0.15, 0.2) is 18.5 Å². The van der Waals surface area contributed by atoms with Crippen LogP contribution >= 0.6 is 0 Å². The van der Waals surface area contributed by atoms with E-state index in [-0.39, 0.29) is 6.61 Å². The molecule has 0 bridgehead atoms. The molecule has 0 amide bonds. The van der Waals surface area contributed by atoms with Crippen molar-refractivity contribution in [3.63, 3.8) is 0 Å². The summed E-state index contributed by atoms with van der Waals surface area (Å²) >= 11 is 0. The Morgan fingerprint density at radius 2 is 1.54 bits per heavy atom. The summed E-state index contributed by atoms with van der Waals surface area (Å²) in [5.41, 5.74) is 0. The highest BCUT2D eigenvalue weighted by atomic mass is 16.7. The third-order valence-corrected chi connectivity index (χ3v) is 3.62. The second-order valence-electron chi connectivity index (χ2n) is 5.28. The predicted octanol–water partition coefficient (Wildman–Crippen LogP) is -0.102. The summed E-state index contributed by atoms with van der Waals surface area (Å²) in [6, 6.07) is 0. The number of ether oxygens (including phenoxy) is 7. The van der Waals surface area contributed by atoms with Crippen LogP contribution in [0.2, 0.25) is 0 Å². The topological polar surface area (TPSA) is 98.8 Å². The van der Waals surface area contributed by atoms with Crippen LogP contribution in [0.15, 0.2) is 0 Å². The van der Waals surface area contributed by atoms with Crippen molar-refractivity contribution >= 4 is 11.9 Å². The number of carbonyl (C=O) groups excluding carboxylic acids is 2. The van der Waals surface area contributed by atoms with Crippen LogP contribution in [0.4, 0.5) is 0 Å². The quantitative estimate of drug-likeness (QED) is 0.556. The van der Waals surface area contributed by atoms with Crippen molar-refractivity contribution in [2.45, 2.75) is 50.7 Å². The van der Waals surface area contributed by atoms with Crippen molar-refractivity contribution < 1.29 is 42.7 Å². The van der Waals surface area contributed by atoms with Crippen LogP contribution in [0, 0.1) is 0 Å². The first-order valence-corrected chi connectivity index (χ1v) is 7.46. The smallest absolute Gasteiger partial charge is 0.303 e. The molecule has 0 spiro atoms. The molecule has 0 saturated carbocycles. The number of methoxy groups -OCH3 is 4. The van der Waals surface area contributed by atoms with Gasteiger partial charge in [-0.2, -0.15) is 0 Å². The lowest BCUT2D eigenvalue weighted by Crippen LogP contribution is -2.64. The molecular weight excluding hydrogens is 324 g/mol. The molecule has 1 saturated heterocycles. The van der Waals surface area contributed by atoms with E-state index >= 15 is 0 Å². The zero-order chi connectivity index (χ0) is 18.3. The van der Waals surface area contributed by atoms with Crippen molar-refractivity contribution in [2.24, 2.45) is 0 Å². The normalized spacial score (nSPS) is 31.3. The molecule has 0 unspecified atom stereocenters. The van der Waals surface area contributed by atoms with Gasteiger partial charge in [-0.1, -0.05) is 0 Å². The maximum absolute atomic E-state index is 11.5. The third-order valence-electron chi connectivity index (χ3n) is 3.62. The highest BCUT2D eigenvalue weighted by Gasteiger charge is 2.52. The third kappa shape index (κ3) is 5.12. The molecule has 0 aromatic heterocycles. The first kappa shape index (κ1) is 20.8. The minimum Gasteiger partial charge on any atom is -0.457 e. The Bertz CT molecular complexity index is 414. The first-order chi connectivity index (χ1) is 11.4. The van der Waals surface area contributed by atoms with Gasteiger partial charge in [-0.15, -0.1) is 0 Å². The second kappa shape index (κ2) is 9.90. The van der Waals surface area contributed by atoms with Crippen LogP contribution in [0.1, 0.15) is 13.8 Å². The Morgan fingerprint density at radius 3 is 1.96 bits per heavy atom. The molecule has 1 aliphatic rings. The van der Waals surface area contributed by atoms with Gasteiger partial charge in [0.1, 0.15) is 18.3 Å².